The summed E-state index contributed by atoms with van der Waals surface area (Å²) in [5, 5.41) is 3.58. The third-order valence-corrected chi connectivity index (χ3v) is 4.99. The van der Waals surface area contributed by atoms with Crippen LogP contribution in [0.2, 0.25) is 5.02 Å². The van der Waals surface area contributed by atoms with Gasteiger partial charge in [-0.05, 0) is 42.5 Å². The highest BCUT2D eigenvalue weighted by atomic mass is 35.5. The van der Waals surface area contributed by atoms with E-state index >= 15 is 0 Å². The summed E-state index contributed by atoms with van der Waals surface area (Å²) < 4.78 is 0. The lowest BCUT2D eigenvalue weighted by atomic mass is 10.1. The zero-order valence-electron chi connectivity index (χ0n) is 17.7. The van der Waals surface area contributed by atoms with Gasteiger partial charge < -0.3 is 10.2 Å². The molecule has 0 bridgehead atoms. The largest absolute Gasteiger partial charge is 0.354 e. The first-order valence-electron chi connectivity index (χ1n) is 10.2. The molecule has 4 nitrogen and oxygen atoms in total. The lowest BCUT2D eigenvalue weighted by molar-refractivity contribution is -0.141. The molecular weight excluding hydrogens is 384 g/mol. The van der Waals surface area contributed by atoms with Crippen molar-refractivity contribution < 1.29 is 9.59 Å². The molecule has 0 unspecified atom stereocenters. The van der Waals surface area contributed by atoms with E-state index in [1.807, 2.05) is 44.2 Å². The maximum atomic E-state index is 13.3. The highest BCUT2D eigenvalue weighted by Gasteiger charge is 2.28. The molecule has 5 heteroatoms. The fraction of sp³-hybridized carbons (Fsp3) is 0.417. The van der Waals surface area contributed by atoms with Gasteiger partial charge in [-0.3, -0.25) is 9.59 Å². The van der Waals surface area contributed by atoms with Gasteiger partial charge in [-0.2, -0.15) is 0 Å². The monoisotopic (exact) mass is 414 g/mol. The summed E-state index contributed by atoms with van der Waals surface area (Å²) in [6.07, 6.45) is 0.761. The molecule has 29 heavy (non-hydrogen) atoms. The summed E-state index contributed by atoms with van der Waals surface area (Å²) in [6, 6.07) is 14.8. The number of halogens is 1. The van der Waals surface area contributed by atoms with Crippen molar-refractivity contribution in [1.82, 2.24) is 10.2 Å². The minimum absolute atomic E-state index is 0.0830. The number of benzene rings is 2. The maximum Gasteiger partial charge on any atom is 0.242 e. The van der Waals surface area contributed by atoms with Gasteiger partial charge in [-0.25, -0.2) is 0 Å². The number of amides is 2. The number of aryl methyl sites for hydroxylation is 1. The molecule has 0 aromatic heterocycles. The maximum absolute atomic E-state index is 13.3. The van der Waals surface area contributed by atoms with E-state index in [-0.39, 0.29) is 18.2 Å². The number of carbonyl (C=O) groups is 2. The lowest BCUT2D eigenvalue weighted by Crippen LogP contribution is -2.50. The van der Waals surface area contributed by atoms with Crippen molar-refractivity contribution in [3.8, 4) is 0 Å². The van der Waals surface area contributed by atoms with Crippen LogP contribution in [0.15, 0.2) is 48.5 Å². The van der Waals surface area contributed by atoms with Crippen molar-refractivity contribution in [2.24, 2.45) is 5.92 Å². The molecule has 0 spiro atoms. The van der Waals surface area contributed by atoms with E-state index < -0.39 is 6.04 Å². The van der Waals surface area contributed by atoms with Crippen molar-refractivity contribution in [3.05, 3.63) is 70.2 Å². The topological polar surface area (TPSA) is 49.4 Å². The van der Waals surface area contributed by atoms with Crippen LogP contribution >= 0.6 is 11.6 Å². The SMILES string of the molecule is CC[C@@H](C(=O)NCC(C)C)N(Cc1cccc(C)c1)C(=O)Cc1cccc(Cl)c1. The van der Waals surface area contributed by atoms with Gasteiger partial charge in [0, 0.05) is 18.1 Å². The zero-order valence-corrected chi connectivity index (χ0v) is 18.5. The van der Waals surface area contributed by atoms with Gasteiger partial charge in [-0.1, -0.05) is 74.3 Å². The van der Waals surface area contributed by atoms with Crippen LogP contribution in [0.25, 0.3) is 0 Å². The van der Waals surface area contributed by atoms with Crippen LogP contribution in [0, 0.1) is 12.8 Å². The average molecular weight is 415 g/mol. The molecule has 1 N–H and O–H groups in total. The Bertz CT molecular complexity index is 835. The van der Waals surface area contributed by atoms with Crippen LogP contribution in [0.5, 0.6) is 0 Å². The van der Waals surface area contributed by atoms with Crippen LogP contribution in [0.4, 0.5) is 0 Å². The molecule has 0 fully saturated rings. The Balaban J connectivity index is 2.27. The summed E-state index contributed by atoms with van der Waals surface area (Å²) in [6.45, 7) is 9.06. The molecule has 2 rings (SSSR count). The van der Waals surface area contributed by atoms with Crippen LogP contribution in [-0.4, -0.2) is 29.3 Å². The Morgan fingerprint density at radius 2 is 1.76 bits per heavy atom. The Hall–Kier alpha value is -2.33. The summed E-state index contributed by atoms with van der Waals surface area (Å²) in [5.41, 5.74) is 2.98. The number of hydrogen-bond donors (Lipinski definition) is 1. The molecule has 2 aromatic carbocycles. The summed E-state index contributed by atoms with van der Waals surface area (Å²) in [5.74, 6) is 0.164. The Labute approximate surface area is 179 Å². The fourth-order valence-electron chi connectivity index (χ4n) is 3.27. The second-order valence-electron chi connectivity index (χ2n) is 7.88. The van der Waals surface area contributed by atoms with Crippen molar-refractivity contribution in [2.75, 3.05) is 6.54 Å². The van der Waals surface area contributed by atoms with E-state index in [2.05, 4.69) is 25.2 Å². The van der Waals surface area contributed by atoms with Gasteiger partial charge in [0.1, 0.15) is 6.04 Å². The van der Waals surface area contributed by atoms with E-state index in [1.54, 1.807) is 17.0 Å². The van der Waals surface area contributed by atoms with Crippen molar-refractivity contribution in [1.29, 1.82) is 0 Å². The smallest absolute Gasteiger partial charge is 0.242 e. The molecule has 0 saturated heterocycles. The molecule has 0 aliphatic rings. The first-order valence-corrected chi connectivity index (χ1v) is 10.5. The van der Waals surface area contributed by atoms with Crippen LogP contribution in [0.1, 0.15) is 43.9 Å². The molecule has 2 aromatic rings. The van der Waals surface area contributed by atoms with Gasteiger partial charge >= 0.3 is 0 Å². The molecule has 0 aliphatic heterocycles. The molecule has 1 atom stereocenters. The normalized spacial score (nSPS) is 11.9. The lowest BCUT2D eigenvalue weighted by Gasteiger charge is -2.31. The van der Waals surface area contributed by atoms with Gasteiger partial charge in [0.15, 0.2) is 0 Å². The van der Waals surface area contributed by atoms with Gasteiger partial charge in [-0.15, -0.1) is 0 Å². The molecule has 156 valence electrons. The number of rotatable bonds is 9. The number of nitrogens with zero attached hydrogens (tertiary/aromatic N) is 1. The first kappa shape index (κ1) is 23.0. The molecule has 0 radical (unpaired) electrons. The van der Waals surface area contributed by atoms with Gasteiger partial charge in [0.25, 0.3) is 0 Å². The molecule has 0 heterocycles. The first-order chi connectivity index (χ1) is 13.8. The van der Waals surface area contributed by atoms with E-state index in [0.29, 0.717) is 30.5 Å². The van der Waals surface area contributed by atoms with E-state index in [4.69, 9.17) is 11.6 Å². The molecule has 0 aliphatic carbocycles. The van der Waals surface area contributed by atoms with Crippen molar-refractivity contribution in [3.63, 3.8) is 0 Å². The Kier molecular flexibility index (Phi) is 8.71. The predicted octanol–water partition coefficient (Wildman–Crippen LogP) is 4.77. The minimum atomic E-state index is -0.513. The van der Waals surface area contributed by atoms with Crippen molar-refractivity contribution in [2.45, 2.75) is 53.1 Å². The van der Waals surface area contributed by atoms with E-state index in [0.717, 1.165) is 16.7 Å². The van der Waals surface area contributed by atoms with E-state index in [9.17, 15) is 9.59 Å². The summed E-state index contributed by atoms with van der Waals surface area (Å²) in [4.78, 5) is 27.8. The minimum Gasteiger partial charge on any atom is -0.354 e. The van der Waals surface area contributed by atoms with Crippen LogP contribution < -0.4 is 5.32 Å². The number of nitrogens with one attached hydrogen (secondary N) is 1. The van der Waals surface area contributed by atoms with Gasteiger partial charge in [0.05, 0.1) is 6.42 Å². The standard InChI is InChI=1S/C24H31ClN2O2/c1-5-22(24(29)26-15-17(2)3)27(16-20-10-6-8-18(4)12-20)23(28)14-19-9-7-11-21(25)13-19/h6-13,17,22H,5,14-16H2,1-4H3,(H,26,29)/t22-/m0/s1. The third-order valence-electron chi connectivity index (χ3n) is 4.75. The second-order valence-corrected chi connectivity index (χ2v) is 8.32. The second kappa shape index (κ2) is 11.0. The Morgan fingerprint density at radius 3 is 2.38 bits per heavy atom. The average Bonchev–Trinajstić information content (AvgIpc) is 2.66. The Morgan fingerprint density at radius 1 is 1.07 bits per heavy atom. The molecule has 2 amide bonds. The quantitative estimate of drug-likeness (QED) is 0.642. The number of hydrogen-bond acceptors (Lipinski definition) is 2. The molecular formula is C24H31ClN2O2. The fourth-order valence-corrected chi connectivity index (χ4v) is 3.49. The van der Waals surface area contributed by atoms with Crippen LogP contribution in [-0.2, 0) is 22.6 Å². The van der Waals surface area contributed by atoms with Crippen molar-refractivity contribution >= 4 is 23.4 Å². The highest BCUT2D eigenvalue weighted by Crippen LogP contribution is 2.17. The predicted molar refractivity (Wildman–Crippen MR) is 119 cm³/mol. The van der Waals surface area contributed by atoms with E-state index in [1.165, 1.54) is 0 Å². The summed E-state index contributed by atoms with van der Waals surface area (Å²) >= 11 is 6.08. The zero-order chi connectivity index (χ0) is 21.4. The van der Waals surface area contributed by atoms with Crippen LogP contribution in [0.3, 0.4) is 0 Å². The highest BCUT2D eigenvalue weighted by molar-refractivity contribution is 6.30. The van der Waals surface area contributed by atoms with Gasteiger partial charge in [0.2, 0.25) is 11.8 Å². The third kappa shape index (κ3) is 7.21. The molecule has 0 saturated carbocycles. The number of carbonyl (C=O) groups excluding carboxylic acids is 2. The summed E-state index contributed by atoms with van der Waals surface area (Å²) in [7, 11) is 0.